The Kier molecular flexibility index (Phi) is 5.34. The maximum atomic E-state index is 12.2. The van der Waals surface area contributed by atoms with Crippen molar-refractivity contribution in [1.82, 2.24) is 10.2 Å². The Balaban J connectivity index is 1.21. The number of benzene rings is 2. The summed E-state index contributed by atoms with van der Waals surface area (Å²) in [6.45, 7) is -0.651. The topological polar surface area (TPSA) is 111 Å². The second kappa shape index (κ2) is 8.24. The highest BCUT2D eigenvalue weighted by Crippen LogP contribution is 2.30. The first-order valence-corrected chi connectivity index (χ1v) is 9.29. The monoisotopic (exact) mass is 410 g/mol. The zero-order chi connectivity index (χ0) is 21.1. The van der Waals surface area contributed by atoms with Crippen molar-refractivity contribution < 1.29 is 33.4 Å². The lowest BCUT2D eigenvalue weighted by Crippen LogP contribution is -2.42. The third-order valence-corrected chi connectivity index (χ3v) is 4.62. The van der Waals surface area contributed by atoms with Gasteiger partial charge < -0.3 is 19.5 Å². The van der Waals surface area contributed by atoms with Gasteiger partial charge in [0.2, 0.25) is 0 Å². The molecule has 0 saturated carbocycles. The van der Waals surface area contributed by atoms with E-state index in [1.54, 1.807) is 24.3 Å². The summed E-state index contributed by atoms with van der Waals surface area (Å²) in [5.41, 5.74) is 0.480. The minimum Gasteiger partial charge on any atom is -0.486 e. The highest BCUT2D eigenvalue weighted by Gasteiger charge is 2.36. The van der Waals surface area contributed by atoms with E-state index in [0.29, 0.717) is 11.5 Å². The van der Waals surface area contributed by atoms with E-state index in [1.165, 1.54) is 12.1 Å². The number of hydrogen-bond donors (Lipinski definition) is 1. The number of esters is 1. The molecular formula is C21H18N2O7. The Labute approximate surface area is 171 Å². The normalized spacial score (nSPS) is 16.8. The van der Waals surface area contributed by atoms with Crippen molar-refractivity contribution in [3.8, 4) is 11.5 Å². The zero-order valence-electron chi connectivity index (χ0n) is 15.8. The van der Waals surface area contributed by atoms with E-state index in [1.807, 2.05) is 12.1 Å². The summed E-state index contributed by atoms with van der Waals surface area (Å²) >= 11 is 0. The van der Waals surface area contributed by atoms with Crippen molar-refractivity contribution in [2.45, 2.75) is 6.10 Å². The summed E-state index contributed by atoms with van der Waals surface area (Å²) in [5, 5.41) is 2.60. The number of hydrogen-bond acceptors (Lipinski definition) is 7. The molecule has 2 aliphatic heterocycles. The van der Waals surface area contributed by atoms with Crippen molar-refractivity contribution in [1.29, 1.82) is 0 Å². The van der Waals surface area contributed by atoms with Crippen LogP contribution >= 0.6 is 0 Å². The summed E-state index contributed by atoms with van der Waals surface area (Å²) in [4.78, 5) is 49.2. The molecule has 9 nitrogen and oxygen atoms in total. The van der Waals surface area contributed by atoms with Crippen LogP contribution in [0, 0.1) is 0 Å². The summed E-state index contributed by atoms with van der Waals surface area (Å²) < 4.78 is 16.2. The second-order valence-corrected chi connectivity index (χ2v) is 6.70. The number of carbonyl (C=O) groups excluding carboxylic acids is 4. The Morgan fingerprint density at radius 1 is 1.00 bits per heavy atom. The van der Waals surface area contributed by atoms with E-state index in [4.69, 9.17) is 14.2 Å². The number of carbonyl (C=O) groups is 4. The molecule has 2 heterocycles. The van der Waals surface area contributed by atoms with Crippen molar-refractivity contribution in [3.63, 3.8) is 0 Å². The molecule has 1 atom stereocenters. The Morgan fingerprint density at radius 2 is 1.63 bits per heavy atom. The van der Waals surface area contributed by atoms with Crippen LogP contribution < -0.4 is 14.8 Å². The summed E-state index contributed by atoms with van der Waals surface area (Å²) in [6, 6.07) is 13.5. The van der Waals surface area contributed by atoms with Crippen LogP contribution in [0.3, 0.4) is 0 Å². The molecule has 0 aliphatic carbocycles. The first-order chi connectivity index (χ1) is 14.5. The molecule has 0 fully saturated rings. The number of rotatable bonds is 6. The minimum atomic E-state index is -0.856. The van der Waals surface area contributed by atoms with Gasteiger partial charge in [-0.1, -0.05) is 24.3 Å². The second-order valence-electron chi connectivity index (χ2n) is 6.70. The fraction of sp³-hybridized carbons (Fsp3) is 0.238. The average Bonchev–Trinajstić information content (AvgIpc) is 3.01. The van der Waals surface area contributed by atoms with E-state index >= 15 is 0 Å². The van der Waals surface area contributed by atoms with Crippen LogP contribution in [0.1, 0.15) is 20.7 Å². The van der Waals surface area contributed by atoms with Crippen molar-refractivity contribution in [2.75, 3.05) is 26.3 Å². The lowest BCUT2D eigenvalue weighted by atomic mass is 10.1. The van der Waals surface area contributed by atoms with Gasteiger partial charge in [0.1, 0.15) is 19.3 Å². The predicted octanol–water partition coefficient (Wildman–Crippen LogP) is 0.782. The largest absolute Gasteiger partial charge is 0.486 e. The molecule has 0 unspecified atom stereocenters. The number of nitrogens with one attached hydrogen (secondary N) is 1. The van der Waals surface area contributed by atoms with Gasteiger partial charge in [-0.3, -0.25) is 24.1 Å². The average molecular weight is 410 g/mol. The number of fused-ring (bicyclic) bond motifs is 2. The van der Waals surface area contributed by atoms with Gasteiger partial charge in [0, 0.05) is 0 Å². The van der Waals surface area contributed by atoms with Crippen LogP contribution in [0.25, 0.3) is 0 Å². The molecule has 2 aromatic carbocycles. The van der Waals surface area contributed by atoms with Crippen molar-refractivity contribution in [3.05, 3.63) is 59.7 Å². The lowest BCUT2D eigenvalue weighted by molar-refractivity contribution is -0.148. The van der Waals surface area contributed by atoms with Crippen molar-refractivity contribution in [2.24, 2.45) is 0 Å². The van der Waals surface area contributed by atoms with E-state index in [-0.39, 0.29) is 30.4 Å². The van der Waals surface area contributed by atoms with Gasteiger partial charge >= 0.3 is 5.97 Å². The van der Waals surface area contributed by atoms with Crippen LogP contribution in [0.5, 0.6) is 11.5 Å². The maximum Gasteiger partial charge on any atom is 0.326 e. The molecule has 3 amide bonds. The molecule has 0 bridgehead atoms. The third kappa shape index (κ3) is 3.95. The van der Waals surface area contributed by atoms with Gasteiger partial charge in [-0.2, -0.15) is 0 Å². The van der Waals surface area contributed by atoms with Gasteiger partial charge in [0.15, 0.2) is 18.1 Å². The number of nitrogens with zero attached hydrogens (tertiary/aromatic N) is 1. The Morgan fingerprint density at radius 3 is 2.33 bits per heavy atom. The SMILES string of the molecule is O=C(COC(=O)CN1C(=O)c2ccccc2C1=O)NC[C@H]1COc2ccccc2O1. The number of para-hydroxylation sites is 2. The molecule has 0 spiro atoms. The Bertz CT molecular complexity index is 985. The summed E-state index contributed by atoms with van der Waals surface area (Å²) in [6.07, 6.45) is -0.377. The van der Waals surface area contributed by atoms with Crippen LogP contribution in [0.2, 0.25) is 0 Å². The van der Waals surface area contributed by atoms with Gasteiger partial charge in [-0.05, 0) is 24.3 Å². The molecular weight excluding hydrogens is 392 g/mol. The summed E-state index contributed by atoms with van der Waals surface area (Å²) in [7, 11) is 0. The lowest BCUT2D eigenvalue weighted by Gasteiger charge is -2.26. The standard InChI is InChI=1S/C21H18N2O7/c24-18(22-9-13-11-28-16-7-3-4-8-17(16)30-13)12-29-19(25)10-23-20(26)14-5-1-2-6-15(14)21(23)27/h1-8,13H,9-12H2,(H,22,24)/t13-/m0/s1. The Hall–Kier alpha value is -3.88. The molecule has 4 rings (SSSR count). The molecule has 30 heavy (non-hydrogen) atoms. The molecule has 154 valence electrons. The zero-order valence-corrected chi connectivity index (χ0v) is 15.8. The van der Waals surface area contributed by atoms with Gasteiger partial charge in [0.05, 0.1) is 17.7 Å². The third-order valence-electron chi connectivity index (χ3n) is 4.62. The van der Waals surface area contributed by atoms with Crippen LogP contribution in [-0.4, -0.2) is 61.0 Å². The highest BCUT2D eigenvalue weighted by atomic mass is 16.6. The highest BCUT2D eigenvalue weighted by molar-refractivity contribution is 6.22. The van der Waals surface area contributed by atoms with Gasteiger partial charge in [-0.15, -0.1) is 0 Å². The fourth-order valence-corrected chi connectivity index (χ4v) is 3.15. The molecule has 1 N–H and O–H groups in total. The van der Waals surface area contributed by atoms with Crippen LogP contribution in [0.15, 0.2) is 48.5 Å². The summed E-state index contributed by atoms with van der Waals surface area (Å²) in [5.74, 6) is -1.28. The fourth-order valence-electron chi connectivity index (χ4n) is 3.15. The predicted molar refractivity (Wildman–Crippen MR) is 102 cm³/mol. The molecule has 0 radical (unpaired) electrons. The van der Waals surface area contributed by atoms with Crippen LogP contribution in [-0.2, 0) is 14.3 Å². The molecule has 0 saturated heterocycles. The first-order valence-electron chi connectivity index (χ1n) is 9.29. The van der Waals surface area contributed by atoms with E-state index in [9.17, 15) is 19.2 Å². The smallest absolute Gasteiger partial charge is 0.326 e. The van der Waals surface area contributed by atoms with E-state index < -0.39 is 36.8 Å². The molecule has 2 aliphatic rings. The molecule has 2 aromatic rings. The van der Waals surface area contributed by atoms with Gasteiger partial charge in [0.25, 0.3) is 17.7 Å². The number of imide groups is 1. The first kappa shape index (κ1) is 19.4. The quantitative estimate of drug-likeness (QED) is 0.553. The molecule has 0 aromatic heterocycles. The number of amides is 3. The maximum absolute atomic E-state index is 12.2. The van der Waals surface area contributed by atoms with E-state index in [0.717, 1.165) is 4.90 Å². The number of ether oxygens (including phenoxy) is 3. The molecule has 9 heteroatoms. The van der Waals surface area contributed by atoms with Gasteiger partial charge in [-0.25, -0.2) is 0 Å². The van der Waals surface area contributed by atoms with Crippen molar-refractivity contribution >= 4 is 23.7 Å². The van der Waals surface area contributed by atoms with Crippen LogP contribution in [0.4, 0.5) is 0 Å². The minimum absolute atomic E-state index is 0.170. The van der Waals surface area contributed by atoms with E-state index in [2.05, 4.69) is 5.32 Å².